The molecule has 1 aromatic heterocycles. The molecule has 2 nitrogen and oxygen atoms in total. The molecule has 0 amide bonds. The number of ether oxygens (including phenoxy) is 1. The van der Waals surface area contributed by atoms with E-state index in [0.717, 1.165) is 9.75 Å². The third kappa shape index (κ3) is 3.28. The fraction of sp³-hybridized carbons (Fsp3) is 0.167. The van der Waals surface area contributed by atoms with Gasteiger partial charge in [-0.3, -0.25) is 0 Å². The number of hydrogen-bond acceptors (Lipinski definition) is 3. The molecule has 0 radical (unpaired) electrons. The molecule has 90 valence electrons. The number of thiophene rings is 1. The van der Waals surface area contributed by atoms with Gasteiger partial charge in [0, 0.05) is 16.3 Å². The fourth-order valence-electron chi connectivity index (χ4n) is 1.35. The van der Waals surface area contributed by atoms with Crippen LogP contribution in [0.2, 0.25) is 0 Å². The highest BCUT2D eigenvalue weighted by Gasteiger charge is 2.04. The lowest BCUT2D eigenvalue weighted by Crippen LogP contribution is -1.94. The van der Waals surface area contributed by atoms with Crippen molar-refractivity contribution in [3.63, 3.8) is 0 Å². The second kappa shape index (κ2) is 5.62. The Kier molecular flexibility index (Phi) is 4.15. The smallest absolute Gasteiger partial charge is 0.134 e. The number of nitrogens with two attached hydrogens (primary N) is 1. The van der Waals surface area contributed by atoms with Crippen LogP contribution in [-0.2, 0) is 13.2 Å². The number of benzene rings is 1. The van der Waals surface area contributed by atoms with Crippen molar-refractivity contribution in [2.24, 2.45) is 5.73 Å². The average Bonchev–Trinajstić information content (AvgIpc) is 2.76. The molecule has 0 atom stereocenters. The summed E-state index contributed by atoms with van der Waals surface area (Å²) >= 11 is 4.88. The normalized spacial score (nSPS) is 10.5. The van der Waals surface area contributed by atoms with Crippen molar-refractivity contribution >= 4 is 27.3 Å². The summed E-state index contributed by atoms with van der Waals surface area (Å²) in [6.45, 7) is 1.01. The molecule has 0 fully saturated rings. The van der Waals surface area contributed by atoms with Gasteiger partial charge in [-0.05, 0) is 46.3 Å². The van der Waals surface area contributed by atoms with Crippen LogP contribution in [0.15, 0.2) is 34.8 Å². The predicted molar refractivity (Wildman–Crippen MR) is 70.6 cm³/mol. The minimum Gasteiger partial charge on any atom is -0.487 e. The van der Waals surface area contributed by atoms with Gasteiger partial charge in [-0.2, -0.15) is 0 Å². The Balaban J connectivity index is 2.02. The minimum absolute atomic E-state index is 0.286. The van der Waals surface area contributed by atoms with E-state index in [1.165, 1.54) is 12.1 Å². The van der Waals surface area contributed by atoms with Crippen LogP contribution in [0.25, 0.3) is 0 Å². The molecule has 0 saturated carbocycles. The summed E-state index contributed by atoms with van der Waals surface area (Å²) in [5.41, 5.74) is 5.53. The number of halogens is 2. The highest BCUT2D eigenvalue weighted by Crippen LogP contribution is 2.27. The molecule has 0 unspecified atom stereocenters. The second-order valence-corrected chi connectivity index (χ2v) is 5.54. The van der Waals surface area contributed by atoms with E-state index < -0.39 is 0 Å². The Bertz CT molecular complexity index is 515. The molecule has 0 bridgehead atoms. The quantitative estimate of drug-likeness (QED) is 0.934. The van der Waals surface area contributed by atoms with Crippen LogP contribution in [0, 0.1) is 5.82 Å². The topological polar surface area (TPSA) is 35.2 Å². The van der Waals surface area contributed by atoms with Gasteiger partial charge in [-0.25, -0.2) is 4.39 Å². The Hall–Kier alpha value is -0.910. The summed E-state index contributed by atoms with van der Waals surface area (Å²) in [5.74, 6) is 0.347. The first-order valence-electron chi connectivity index (χ1n) is 5.04. The minimum atomic E-state index is -0.286. The molecule has 1 aromatic carbocycles. The van der Waals surface area contributed by atoms with Crippen LogP contribution in [0.4, 0.5) is 4.39 Å². The van der Waals surface area contributed by atoms with Gasteiger partial charge in [0.25, 0.3) is 0 Å². The van der Waals surface area contributed by atoms with Gasteiger partial charge < -0.3 is 10.5 Å². The molecule has 2 rings (SSSR count). The third-order valence-electron chi connectivity index (χ3n) is 2.18. The molecule has 1 heterocycles. The Labute approximate surface area is 111 Å². The lowest BCUT2D eigenvalue weighted by molar-refractivity contribution is 0.307. The summed E-state index contributed by atoms with van der Waals surface area (Å²) in [6.07, 6.45) is 0. The van der Waals surface area contributed by atoms with Crippen LogP contribution in [0.1, 0.15) is 9.75 Å². The second-order valence-electron chi connectivity index (χ2n) is 3.44. The van der Waals surface area contributed by atoms with Crippen molar-refractivity contribution in [1.29, 1.82) is 0 Å². The molecule has 5 heteroatoms. The highest BCUT2D eigenvalue weighted by atomic mass is 79.9. The maximum Gasteiger partial charge on any atom is 0.134 e. The van der Waals surface area contributed by atoms with E-state index >= 15 is 0 Å². The fourth-order valence-corrected chi connectivity index (χ4v) is 2.63. The zero-order valence-electron chi connectivity index (χ0n) is 8.95. The largest absolute Gasteiger partial charge is 0.487 e. The van der Waals surface area contributed by atoms with E-state index in [0.29, 0.717) is 23.4 Å². The van der Waals surface area contributed by atoms with Crippen molar-refractivity contribution < 1.29 is 9.13 Å². The summed E-state index contributed by atoms with van der Waals surface area (Å²) in [5, 5.41) is 0. The Morgan fingerprint density at radius 1 is 1.24 bits per heavy atom. The standard InChI is InChI=1S/C12H11BrFNOS/c13-11-5-8(14)1-4-12(11)16-7-10-3-2-9(6-15)17-10/h1-5H,6-7,15H2. The van der Waals surface area contributed by atoms with Crippen LogP contribution in [-0.4, -0.2) is 0 Å². The van der Waals surface area contributed by atoms with E-state index in [4.69, 9.17) is 10.5 Å². The van der Waals surface area contributed by atoms with Crippen molar-refractivity contribution in [2.75, 3.05) is 0 Å². The third-order valence-corrected chi connectivity index (χ3v) is 3.88. The molecule has 0 spiro atoms. The van der Waals surface area contributed by atoms with Crippen molar-refractivity contribution in [3.8, 4) is 5.75 Å². The lowest BCUT2D eigenvalue weighted by atomic mass is 10.3. The van der Waals surface area contributed by atoms with Gasteiger partial charge in [0.2, 0.25) is 0 Å². The van der Waals surface area contributed by atoms with Crippen molar-refractivity contribution in [3.05, 3.63) is 50.4 Å². The maximum atomic E-state index is 12.9. The van der Waals surface area contributed by atoms with Gasteiger partial charge in [-0.1, -0.05) is 0 Å². The SMILES string of the molecule is NCc1ccc(COc2ccc(F)cc2Br)s1. The van der Waals surface area contributed by atoms with Crippen LogP contribution < -0.4 is 10.5 Å². The zero-order chi connectivity index (χ0) is 12.3. The van der Waals surface area contributed by atoms with Gasteiger partial charge in [0.1, 0.15) is 18.2 Å². The molecular weight excluding hydrogens is 305 g/mol. The van der Waals surface area contributed by atoms with E-state index in [2.05, 4.69) is 15.9 Å². The molecule has 2 N–H and O–H groups in total. The summed E-state index contributed by atoms with van der Waals surface area (Å²) in [6, 6.07) is 8.35. The lowest BCUT2D eigenvalue weighted by Gasteiger charge is -2.06. The van der Waals surface area contributed by atoms with E-state index in [9.17, 15) is 4.39 Å². The van der Waals surface area contributed by atoms with Crippen LogP contribution in [0.3, 0.4) is 0 Å². The first-order chi connectivity index (χ1) is 8.19. The molecule has 2 aromatic rings. The van der Waals surface area contributed by atoms with Crippen LogP contribution >= 0.6 is 27.3 Å². The van der Waals surface area contributed by atoms with Crippen molar-refractivity contribution in [2.45, 2.75) is 13.2 Å². The summed E-state index contributed by atoms with van der Waals surface area (Å²) < 4.78 is 19.1. The summed E-state index contributed by atoms with van der Waals surface area (Å²) in [7, 11) is 0. The van der Waals surface area contributed by atoms with E-state index in [1.807, 2.05) is 12.1 Å². The first kappa shape index (κ1) is 12.5. The van der Waals surface area contributed by atoms with Gasteiger partial charge in [0.05, 0.1) is 4.47 Å². The molecule has 0 saturated heterocycles. The van der Waals surface area contributed by atoms with Crippen LogP contribution in [0.5, 0.6) is 5.75 Å². The molecular formula is C12H11BrFNOS. The first-order valence-corrected chi connectivity index (χ1v) is 6.65. The number of rotatable bonds is 4. The zero-order valence-corrected chi connectivity index (χ0v) is 11.4. The predicted octanol–water partition coefficient (Wildman–Crippen LogP) is 3.69. The van der Waals surface area contributed by atoms with E-state index in [1.54, 1.807) is 17.4 Å². The average molecular weight is 316 g/mol. The monoisotopic (exact) mass is 315 g/mol. The molecule has 0 aliphatic rings. The molecule has 0 aliphatic carbocycles. The van der Waals surface area contributed by atoms with Gasteiger partial charge in [0.15, 0.2) is 0 Å². The van der Waals surface area contributed by atoms with Gasteiger partial charge >= 0.3 is 0 Å². The Morgan fingerprint density at radius 2 is 2.00 bits per heavy atom. The molecule has 0 aliphatic heterocycles. The number of hydrogen-bond donors (Lipinski definition) is 1. The van der Waals surface area contributed by atoms with E-state index in [-0.39, 0.29) is 5.82 Å². The van der Waals surface area contributed by atoms with Crippen molar-refractivity contribution in [1.82, 2.24) is 0 Å². The Morgan fingerprint density at radius 3 is 2.65 bits per heavy atom. The maximum absolute atomic E-state index is 12.9. The highest BCUT2D eigenvalue weighted by molar-refractivity contribution is 9.10. The van der Waals surface area contributed by atoms with Gasteiger partial charge in [-0.15, -0.1) is 11.3 Å². The summed E-state index contributed by atoms with van der Waals surface area (Å²) in [4.78, 5) is 2.23. The molecule has 17 heavy (non-hydrogen) atoms.